The number of aliphatic hydroxyl groups excluding tert-OH is 5. The number of ketones is 1. The molecule has 7 nitrogen and oxygen atoms in total. The lowest BCUT2D eigenvalue weighted by molar-refractivity contribution is -0.124. The van der Waals surface area contributed by atoms with Gasteiger partial charge in [-0.25, -0.2) is 0 Å². The zero-order valence-electron chi connectivity index (χ0n) is 7.41. The van der Waals surface area contributed by atoms with E-state index < -0.39 is 37.8 Å². The van der Waals surface area contributed by atoms with Gasteiger partial charge in [0.15, 0.2) is 12.1 Å². The molecular formula is C7H14O7. The molecule has 0 radical (unpaired) electrons. The molecule has 0 aromatic heterocycles. The van der Waals surface area contributed by atoms with Gasteiger partial charge in [0.2, 0.25) is 0 Å². The number of hydrogen-bond donors (Lipinski definition) is 5. The van der Waals surface area contributed by atoms with Gasteiger partial charge in [-0.05, 0) is 0 Å². The van der Waals surface area contributed by atoms with E-state index in [1.54, 1.807) is 0 Å². The second-order valence-corrected chi connectivity index (χ2v) is 2.23. The lowest BCUT2D eigenvalue weighted by atomic mass is 10.2. The van der Waals surface area contributed by atoms with Crippen LogP contribution in [-0.2, 0) is 9.59 Å². The summed E-state index contributed by atoms with van der Waals surface area (Å²) in [5.74, 6) is -0.546. The summed E-state index contributed by atoms with van der Waals surface area (Å²) in [7, 11) is 0. The summed E-state index contributed by atoms with van der Waals surface area (Å²) in [5.41, 5.74) is 0. The summed E-state index contributed by atoms with van der Waals surface area (Å²) in [4.78, 5) is 19.3. The van der Waals surface area contributed by atoms with Gasteiger partial charge in [-0.2, -0.15) is 0 Å². The summed E-state index contributed by atoms with van der Waals surface area (Å²) in [6.45, 7) is -1.72. The number of carbonyl (C=O) groups is 2. The van der Waals surface area contributed by atoms with Crippen molar-refractivity contribution in [3.05, 3.63) is 0 Å². The van der Waals surface area contributed by atoms with Crippen LogP contribution < -0.4 is 0 Å². The Morgan fingerprint density at radius 1 is 1.14 bits per heavy atom. The number of aldehydes is 1. The first-order valence-electron chi connectivity index (χ1n) is 3.69. The molecule has 0 unspecified atom stereocenters. The Hall–Kier alpha value is -0.860. The molecule has 0 aliphatic heterocycles. The topological polar surface area (TPSA) is 135 Å². The lowest BCUT2D eigenvalue weighted by Crippen LogP contribution is -2.30. The second kappa shape index (κ2) is 10.2. The first-order valence-corrected chi connectivity index (χ1v) is 3.69. The van der Waals surface area contributed by atoms with Crippen molar-refractivity contribution in [3.63, 3.8) is 0 Å². The predicted octanol–water partition coefficient (Wildman–Crippen LogP) is -3.56. The average Bonchev–Trinajstić information content (AvgIpc) is 2.26. The molecule has 0 saturated heterocycles. The highest BCUT2D eigenvalue weighted by Crippen LogP contribution is 1.85. The van der Waals surface area contributed by atoms with Crippen LogP contribution >= 0.6 is 0 Å². The molecule has 0 saturated carbocycles. The van der Waals surface area contributed by atoms with Crippen molar-refractivity contribution in [2.75, 3.05) is 19.8 Å². The predicted molar refractivity (Wildman–Crippen MR) is 44.3 cm³/mol. The minimum atomic E-state index is -1.46. The van der Waals surface area contributed by atoms with Crippen LogP contribution in [0.15, 0.2) is 0 Å². The van der Waals surface area contributed by atoms with E-state index in [9.17, 15) is 9.59 Å². The van der Waals surface area contributed by atoms with Crippen molar-refractivity contribution >= 4 is 12.1 Å². The van der Waals surface area contributed by atoms with Gasteiger partial charge in [-0.1, -0.05) is 0 Å². The van der Waals surface area contributed by atoms with Gasteiger partial charge in [0.25, 0.3) is 0 Å². The second-order valence-electron chi connectivity index (χ2n) is 2.23. The van der Waals surface area contributed by atoms with Crippen molar-refractivity contribution < 1.29 is 35.1 Å². The molecule has 0 aliphatic rings. The highest BCUT2D eigenvalue weighted by Gasteiger charge is 2.12. The van der Waals surface area contributed by atoms with Gasteiger partial charge in [0, 0.05) is 0 Å². The Morgan fingerprint density at radius 2 is 1.57 bits per heavy atom. The highest BCUT2D eigenvalue weighted by atomic mass is 16.4. The molecule has 0 amide bonds. The Kier molecular flexibility index (Phi) is 11.4. The number of aliphatic hydroxyl groups is 5. The van der Waals surface area contributed by atoms with Gasteiger partial charge in [0.05, 0.1) is 6.61 Å². The molecule has 84 valence electrons. The van der Waals surface area contributed by atoms with Crippen LogP contribution in [0, 0.1) is 0 Å². The van der Waals surface area contributed by atoms with Gasteiger partial charge < -0.3 is 30.3 Å². The molecule has 0 bridgehead atoms. The van der Waals surface area contributed by atoms with E-state index in [0.29, 0.717) is 0 Å². The third-order valence-corrected chi connectivity index (χ3v) is 1.07. The Balaban J connectivity index is 0. The molecule has 0 heterocycles. The van der Waals surface area contributed by atoms with Crippen molar-refractivity contribution in [2.45, 2.75) is 12.2 Å². The summed E-state index contributed by atoms with van der Waals surface area (Å²) >= 11 is 0. The quantitative estimate of drug-likeness (QED) is 0.296. The van der Waals surface area contributed by atoms with Gasteiger partial charge >= 0.3 is 0 Å². The summed E-state index contributed by atoms with van der Waals surface area (Å²) in [5, 5.41) is 40.5. The van der Waals surface area contributed by atoms with E-state index in [2.05, 4.69) is 0 Å². The van der Waals surface area contributed by atoms with Gasteiger partial charge in [-0.15, -0.1) is 0 Å². The number of hydrogen-bond acceptors (Lipinski definition) is 7. The van der Waals surface area contributed by atoms with Crippen molar-refractivity contribution in [3.8, 4) is 0 Å². The first kappa shape index (κ1) is 15.6. The van der Waals surface area contributed by atoms with E-state index in [1.165, 1.54) is 0 Å². The van der Waals surface area contributed by atoms with Crippen molar-refractivity contribution in [1.82, 2.24) is 0 Å². The van der Waals surface area contributed by atoms with E-state index >= 15 is 0 Å². The summed E-state index contributed by atoms with van der Waals surface area (Å²) < 4.78 is 0. The molecular weight excluding hydrogens is 196 g/mol. The molecule has 0 aromatic carbocycles. The fourth-order valence-corrected chi connectivity index (χ4v) is 0.249. The highest BCUT2D eigenvalue weighted by molar-refractivity contribution is 5.80. The fourth-order valence-electron chi connectivity index (χ4n) is 0.249. The van der Waals surface area contributed by atoms with Crippen LogP contribution in [0.2, 0.25) is 0 Å². The monoisotopic (exact) mass is 210 g/mol. The smallest absolute Gasteiger partial charge is 0.183 e. The van der Waals surface area contributed by atoms with Crippen molar-refractivity contribution in [2.24, 2.45) is 0 Å². The third-order valence-electron chi connectivity index (χ3n) is 1.07. The maximum atomic E-state index is 9.68. The largest absolute Gasteiger partial charge is 0.394 e. The van der Waals surface area contributed by atoms with Crippen LogP contribution in [0.1, 0.15) is 0 Å². The first-order chi connectivity index (χ1) is 6.53. The minimum absolute atomic E-state index is 0.168. The Labute approximate surface area is 80.2 Å². The van der Waals surface area contributed by atoms with E-state index in [0.717, 1.165) is 0 Å². The van der Waals surface area contributed by atoms with Crippen LogP contribution in [0.5, 0.6) is 0 Å². The number of carbonyl (C=O) groups excluding carboxylic acids is 2. The Morgan fingerprint density at radius 3 is 1.64 bits per heavy atom. The van der Waals surface area contributed by atoms with E-state index in [1.807, 2.05) is 0 Å². The van der Waals surface area contributed by atoms with E-state index in [4.69, 9.17) is 25.5 Å². The van der Waals surface area contributed by atoms with Crippen LogP contribution in [0.25, 0.3) is 0 Å². The summed E-state index contributed by atoms with van der Waals surface area (Å²) in [6.07, 6.45) is -2.63. The maximum absolute atomic E-state index is 9.68. The molecule has 14 heavy (non-hydrogen) atoms. The van der Waals surface area contributed by atoms with Crippen LogP contribution in [0.4, 0.5) is 0 Å². The average molecular weight is 210 g/mol. The molecule has 7 heteroatoms. The molecule has 0 aromatic rings. The van der Waals surface area contributed by atoms with Crippen LogP contribution in [0.3, 0.4) is 0 Å². The van der Waals surface area contributed by atoms with Crippen molar-refractivity contribution in [1.29, 1.82) is 0 Å². The molecule has 5 N–H and O–H groups in total. The molecule has 2 atom stereocenters. The Bertz CT molecular complexity index is 152. The van der Waals surface area contributed by atoms with Gasteiger partial charge in [-0.3, -0.25) is 4.79 Å². The standard InChI is InChI=1S/C4H8O4.C3H6O3/c5-1-3(7)4(8)2-6;4-1-3(6)2-5/h1,3-4,6-8H,2H2;4-5H,1-2H2/t3-,4+;/m0./s1. The van der Waals surface area contributed by atoms with Gasteiger partial charge in [0.1, 0.15) is 25.4 Å². The lowest BCUT2D eigenvalue weighted by Gasteiger charge is -2.06. The van der Waals surface area contributed by atoms with E-state index in [-0.39, 0.29) is 6.29 Å². The number of Topliss-reactive ketones (excluding diaryl/α,β-unsaturated/α-hetero) is 1. The zero-order chi connectivity index (χ0) is 11.6. The zero-order valence-corrected chi connectivity index (χ0v) is 7.41. The fraction of sp³-hybridized carbons (Fsp3) is 0.714. The summed E-state index contributed by atoms with van der Waals surface area (Å²) in [6, 6.07) is 0. The molecule has 0 aliphatic carbocycles. The third kappa shape index (κ3) is 9.23. The van der Waals surface area contributed by atoms with Crippen LogP contribution in [-0.4, -0.2) is 69.6 Å². The maximum Gasteiger partial charge on any atom is 0.183 e. The molecule has 0 rings (SSSR count). The normalized spacial score (nSPS) is 13.5. The molecule has 0 fully saturated rings. The minimum Gasteiger partial charge on any atom is -0.394 e. The number of rotatable bonds is 5. The SMILES string of the molecule is O=C(CO)CO.O=C[C@H](O)[C@H](O)CO. The molecule has 0 spiro atoms.